The number of amides is 2. The zero-order valence-corrected chi connectivity index (χ0v) is 22.2. The van der Waals surface area contributed by atoms with Crippen molar-refractivity contribution < 1.29 is 19.1 Å². The Hall–Kier alpha value is -3.76. The molecule has 11 heteroatoms. The summed E-state index contributed by atoms with van der Waals surface area (Å²) in [6.07, 6.45) is 1.61. The van der Waals surface area contributed by atoms with E-state index in [2.05, 4.69) is 10.4 Å². The Labute approximate surface area is 224 Å². The van der Waals surface area contributed by atoms with Gasteiger partial charge in [0.2, 0.25) is 5.91 Å². The number of nitrogens with zero attached hydrogens (tertiary/aromatic N) is 4. The second-order valence-corrected chi connectivity index (χ2v) is 9.31. The first-order valence-electron chi connectivity index (χ1n) is 11.6. The third-order valence-corrected chi connectivity index (χ3v) is 6.81. The number of thiocarbonyl (C=S) groups is 1. The van der Waals surface area contributed by atoms with Gasteiger partial charge in [-0.25, -0.2) is 4.79 Å². The average Bonchev–Trinajstić information content (AvgIpc) is 3.31. The van der Waals surface area contributed by atoms with Crippen molar-refractivity contribution in [1.29, 1.82) is 0 Å². The summed E-state index contributed by atoms with van der Waals surface area (Å²) in [6, 6.07) is 12.3. The van der Waals surface area contributed by atoms with Gasteiger partial charge in [0.05, 0.1) is 30.5 Å². The molecule has 4 rings (SSSR count). The number of rotatable bonds is 8. The fourth-order valence-electron chi connectivity index (χ4n) is 4.02. The molecule has 0 radical (unpaired) electrons. The SMILES string of the molecule is CCOC(=O)c1ccc(N2C(=O)[C@@H](CC(=O)Nc3ccc(Cl)cc3)N(Cc3cnn(C)c3C)C2=S)cc1. The van der Waals surface area contributed by atoms with Crippen LogP contribution in [0.5, 0.6) is 0 Å². The molecule has 192 valence electrons. The molecule has 2 heterocycles. The molecular weight excluding hydrogens is 514 g/mol. The maximum Gasteiger partial charge on any atom is 0.338 e. The van der Waals surface area contributed by atoms with Gasteiger partial charge in [0.25, 0.3) is 5.91 Å². The number of carbonyl (C=O) groups excluding carboxylic acids is 3. The van der Waals surface area contributed by atoms with Crippen LogP contribution in [-0.2, 0) is 27.9 Å². The summed E-state index contributed by atoms with van der Waals surface area (Å²) >= 11 is 11.7. The molecule has 1 saturated heterocycles. The number of aromatic nitrogens is 2. The standard InChI is InChI=1S/C26H26ClN5O4S/c1-4-36-25(35)17-5-11-21(12-6-17)32-24(34)22(13-23(33)29-20-9-7-19(27)8-10-20)31(26(32)37)15-18-14-28-30(3)16(18)2/h5-12,14,22H,4,13,15H2,1-3H3,(H,29,33)/t22-/m1/s1. The lowest BCUT2D eigenvalue weighted by atomic mass is 10.1. The zero-order chi connectivity index (χ0) is 26.7. The average molecular weight is 540 g/mol. The Kier molecular flexibility index (Phi) is 7.89. The van der Waals surface area contributed by atoms with E-state index < -0.39 is 12.0 Å². The molecule has 1 aliphatic rings. The normalized spacial score (nSPS) is 15.3. The molecule has 0 saturated carbocycles. The smallest absolute Gasteiger partial charge is 0.338 e. The Balaban J connectivity index is 1.60. The van der Waals surface area contributed by atoms with Crippen molar-refractivity contribution in [3.8, 4) is 0 Å². The van der Waals surface area contributed by atoms with Crippen molar-refractivity contribution in [3.05, 3.63) is 76.6 Å². The van der Waals surface area contributed by atoms with Crippen molar-refractivity contribution in [1.82, 2.24) is 14.7 Å². The van der Waals surface area contributed by atoms with Crippen LogP contribution in [0.3, 0.4) is 0 Å². The van der Waals surface area contributed by atoms with E-state index in [-0.39, 0.29) is 30.0 Å². The fourth-order valence-corrected chi connectivity index (χ4v) is 4.53. The van der Waals surface area contributed by atoms with Crippen LogP contribution < -0.4 is 10.2 Å². The van der Waals surface area contributed by atoms with Crippen molar-refractivity contribution in [2.45, 2.75) is 32.9 Å². The van der Waals surface area contributed by atoms with E-state index in [0.717, 1.165) is 11.3 Å². The number of hydrogen-bond acceptors (Lipinski definition) is 6. The maximum absolute atomic E-state index is 13.6. The van der Waals surface area contributed by atoms with Crippen molar-refractivity contribution in [3.63, 3.8) is 0 Å². The minimum atomic E-state index is -0.830. The molecule has 1 fully saturated rings. The van der Waals surface area contributed by atoms with Crippen LogP contribution >= 0.6 is 23.8 Å². The molecule has 3 aromatic rings. The maximum atomic E-state index is 13.6. The summed E-state index contributed by atoms with van der Waals surface area (Å²) in [7, 11) is 1.83. The summed E-state index contributed by atoms with van der Waals surface area (Å²) in [5, 5.41) is 7.91. The number of aryl methyl sites for hydroxylation is 1. The van der Waals surface area contributed by atoms with Crippen LogP contribution in [0.15, 0.2) is 54.7 Å². The number of anilines is 2. The molecule has 1 N–H and O–H groups in total. The van der Waals surface area contributed by atoms with E-state index in [1.54, 1.807) is 71.2 Å². The molecule has 9 nitrogen and oxygen atoms in total. The van der Waals surface area contributed by atoms with E-state index in [9.17, 15) is 14.4 Å². The predicted octanol–water partition coefficient (Wildman–Crippen LogP) is 4.09. The van der Waals surface area contributed by atoms with Gasteiger partial charge >= 0.3 is 5.97 Å². The van der Waals surface area contributed by atoms with Crippen LogP contribution in [0.25, 0.3) is 0 Å². The second-order valence-electron chi connectivity index (χ2n) is 8.51. The Bertz CT molecular complexity index is 1340. The highest BCUT2D eigenvalue weighted by atomic mass is 35.5. The van der Waals surface area contributed by atoms with Crippen LogP contribution in [0.1, 0.15) is 35.0 Å². The van der Waals surface area contributed by atoms with Crippen LogP contribution in [0.2, 0.25) is 5.02 Å². The number of nitrogens with one attached hydrogen (secondary N) is 1. The lowest BCUT2D eigenvalue weighted by Crippen LogP contribution is -2.37. The fraction of sp³-hybridized carbons (Fsp3) is 0.269. The van der Waals surface area contributed by atoms with Gasteiger partial charge in [-0.1, -0.05) is 11.6 Å². The highest BCUT2D eigenvalue weighted by Crippen LogP contribution is 2.30. The lowest BCUT2D eigenvalue weighted by Gasteiger charge is -2.23. The molecule has 0 aliphatic carbocycles. The highest BCUT2D eigenvalue weighted by molar-refractivity contribution is 7.80. The molecule has 2 aromatic carbocycles. The monoisotopic (exact) mass is 539 g/mol. The van der Waals surface area contributed by atoms with Crippen molar-refractivity contribution in [2.75, 3.05) is 16.8 Å². The highest BCUT2D eigenvalue weighted by Gasteiger charge is 2.44. The summed E-state index contributed by atoms with van der Waals surface area (Å²) in [6.45, 7) is 4.23. The van der Waals surface area contributed by atoms with Gasteiger partial charge in [0.1, 0.15) is 6.04 Å². The third kappa shape index (κ3) is 5.65. The largest absolute Gasteiger partial charge is 0.462 e. The quantitative estimate of drug-likeness (QED) is 0.340. The van der Waals surface area contributed by atoms with E-state index in [1.165, 1.54) is 4.90 Å². The Morgan fingerprint density at radius 1 is 1.14 bits per heavy atom. The summed E-state index contributed by atoms with van der Waals surface area (Å²) in [4.78, 5) is 41.8. The predicted molar refractivity (Wildman–Crippen MR) is 144 cm³/mol. The number of hydrogen-bond donors (Lipinski definition) is 1. The molecule has 0 unspecified atom stereocenters. The number of carbonyl (C=O) groups is 3. The van der Waals surface area contributed by atoms with Gasteiger partial charge in [0, 0.05) is 35.6 Å². The van der Waals surface area contributed by atoms with Crippen molar-refractivity contribution >= 4 is 58.1 Å². The van der Waals surface area contributed by atoms with Gasteiger partial charge in [-0.2, -0.15) is 5.10 Å². The van der Waals surface area contributed by atoms with Crippen LogP contribution in [0, 0.1) is 6.92 Å². The van der Waals surface area contributed by atoms with Gasteiger partial charge in [-0.15, -0.1) is 0 Å². The summed E-state index contributed by atoms with van der Waals surface area (Å²) in [5.41, 5.74) is 3.25. The molecule has 0 bridgehead atoms. The molecule has 37 heavy (non-hydrogen) atoms. The van der Waals surface area contributed by atoms with E-state index >= 15 is 0 Å². The topological polar surface area (TPSA) is 96.8 Å². The van der Waals surface area contributed by atoms with E-state index in [4.69, 9.17) is 28.6 Å². The summed E-state index contributed by atoms with van der Waals surface area (Å²) < 4.78 is 6.78. The lowest BCUT2D eigenvalue weighted by molar-refractivity contribution is -0.124. The minimum Gasteiger partial charge on any atom is -0.462 e. The van der Waals surface area contributed by atoms with Crippen LogP contribution in [-0.4, -0.2) is 50.2 Å². The molecule has 2 amide bonds. The first kappa shape index (κ1) is 26.3. The minimum absolute atomic E-state index is 0.113. The number of ether oxygens (including phenoxy) is 1. The molecule has 1 aromatic heterocycles. The number of halogens is 1. The van der Waals surface area contributed by atoms with E-state index in [1.807, 2.05) is 14.0 Å². The van der Waals surface area contributed by atoms with Gasteiger partial charge in [-0.05, 0) is 74.6 Å². The Morgan fingerprint density at radius 3 is 2.41 bits per heavy atom. The van der Waals surface area contributed by atoms with Gasteiger partial charge in [-0.3, -0.25) is 19.2 Å². The molecule has 0 spiro atoms. The molecule has 1 aliphatic heterocycles. The number of benzene rings is 2. The molecule has 1 atom stereocenters. The summed E-state index contributed by atoms with van der Waals surface area (Å²) in [5.74, 6) is -1.12. The van der Waals surface area contributed by atoms with E-state index in [0.29, 0.717) is 28.5 Å². The van der Waals surface area contributed by atoms with Crippen LogP contribution in [0.4, 0.5) is 11.4 Å². The Morgan fingerprint density at radius 2 is 1.81 bits per heavy atom. The first-order chi connectivity index (χ1) is 17.7. The first-order valence-corrected chi connectivity index (χ1v) is 12.4. The molecular formula is C26H26ClN5O4S. The van der Waals surface area contributed by atoms with Crippen molar-refractivity contribution in [2.24, 2.45) is 7.05 Å². The second kappa shape index (κ2) is 11.1. The third-order valence-electron chi connectivity index (χ3n) is 6.14. The number of esters is 1. The van der Waals surface area contributed by atoms with Gasteiger partial charge < -0.3 is 15.0 Å². The van der Waals surface area contributed by atoms with Gasteiger partial charge in [0.15, 0.2) is 5.11 Å². The zero-order valence-electron chi connectivity index (χ0n) is 20.6.